The molecule has 0 atom stereocenters. The van der Waals surface area contributed by atoms with Crippen molar-refractivity contribution < 1.29 is 0 Å². The van der Waals surface area contributed by atoms with Crippen molar-refractivity contribution in [3.8, 4) is 17.5 Å². The minimum Gasteiger partial charge on any atom is -0.372 e. The highest BCUT2D eigenvalue weighted by Crippen LogP contribution is 2.25. The Morgan fingerprint density at radius 2 is 1.87 bits per heavy atom. The first-order chi connectivity index (χ1) is 11.2. The van der Waals surface area contributed by atoms with Gasteiger partial charge in [-0.25, -0.2) is 0 Å². The molecule has 122 valence electrons. The predicted octanol–water partition coefficient (Wildman–Crippen LogP) is 3.72. The van der Waals surface area contributed by atoms with Gasteiger partial charge in [-0.2, -0.15) is 5.26 Å². The monoisotopic (exact) mass is 329 g/mol. The van der Waals surface area contributed by atoms with Gasteiger partial charge in [-0.1, -0.05) is 11.8 Å². The van der Waals surface area contributed by atoms with Crippen molar-refractivity contribution in [2.24, 2.45) is 7.05 Å². The van der Waals surface area contributed by atoms with Crippen LogP contribution < -0.4 is 4.90 Å². The van der Waals surface area contributed by atoms with Gasteiger partial charge in [-0.15, -0.1) is 10.2 Å². The third-order valence-corrected chi connectivity index (χ3v) is 4.86. The number of hydrogen-bond acceptors (Lipinski definition) is 5. The largest absolute Gasteiger partial charge is 0.372 e. The molecule has 0 amide bonds. The number of anilines is 1. The highest BCUT2D eigenvalue weighted by Gasteiger charge is 2.11. The van der Waals surface area contributed by atoms with Crippen LogP contribution in [0.3, 0.4) is 0 Å². The summed E-state index contributed by atoms with van der Waals surface area (Å²) >= 11 is 1.65. The smallest absolute Gasteiger partial charge is 0.191 e. The van der Waals surface area contributed by atoms with E-state index < -0.39 is 0 Å². The van der Waals surface area contributed by atoms with Crippen LogP contribution in [-0.2, 0) is 7.05 Å². The van der Waals surface area contributed by atoms with Gasteiger partial charge in [0.15, 0.2) is 11.0 Å². The third-order valence-electron chi connectivity index (χ3n) is 3.75. The average molecular weight is 329 g/mol. The topological polar surface area (TPSA) is 57.7 Å². The molecule has 23 heavy (non-hydrogen) atoms. The Morgan fingerprint density at radius 3 is 2.48 bits per heavy atom. The van der Waals surface area contributed by atoms with Crippen molar-refractivity contribution in [3.05, 3.63) is 24.3 Å². The molecular formula is C17H23N5S. The van der Waals surface area contributed by atoms with E-state index >= 15 is 0 Å². The molecule has 2 rings (SSSR count). The highest BCUT2D eigenvalue weighted by atomic mass is 32.2. The summed E-state index contributed by atoms with van der Waals surface area (Å²) in [5, 5.41) is 18.0. The minimum absolute atomic E-state index is 0.588. The summed E-state index contributed by atoms with van der Waals surface area (Å²) in [5.41, 5.74) is 2.30. The second-order valence-electron chi connectivity index (χ2n) is 5.19. The molecule has 6 heteroatoms. The van der Waals surface area contributed by atoms with E-state index in [0.29, 0.717) is 6.42 Å². The van der Waals surface area contributed by atoms with Crippen LogP contribution in [0.4, 0.5) is 5.69 Å². The Labute approximate surface area is 142 Å². The van der Waals surface area contributed by atoms with Crippen molar-refractivity contribution in [2.45, 2.75) is 31.8 Å². The summed E-state index contributed by atoms with van der Waals surface area (Å²) in [7, 11) is 1.99. The molecule has 0 spiro atoms. The summed E-state index contributed by atoms with van der Waals surface area (Å²) in [6.45, 7) is 6.33. The lowest BCUT2D eigenvalue weighted by atomic mass is 10.2. The molecular weight excluding hydrogens is 306 g/mol. The van der Waals surface area contributed by atoms with Crippen molar-refractivity contribution in [2.75, 3.05) is 23.7 Å². The molecule has 0 saturated heterocycles. The van der Waals surface area contributed by atoms with Crippen molar-refractivity contribution in [1.82, 2.24) is 14.8 Å². The average Bonchev–Trinajstić information content (AvgIpc) is 2.94. The van der Waals surface area contributed by atoms with Gasteiger partial charge in [0.2, 0.25) is 0 Å². The molecule has 0 saturated carbocycles. The number of rotatable bonds is 8. The summed E-state index contributed by atoms with van der Waals surface area (Å²) in [6, 6.07) is 10.6. The number of nitrogens with zero attached hydrogens (tertiary/aromatic N) is 5. The molecule has 2 aromatic rings. The number of hydrogen-bond donors (Lipinski definition) is 0. The standard InChI is InChI=1S/C17H23N5S/c1-4-22(5-2)15-10-8-14(9-11-15)16-19-20-17(21(16)3)23-13-7-6-12-18/h8-11H,4-7,13H2,1-3H3. The molecule has 0 aliphatic rings. The molecule has 1 aromatic heterocycles. The van der Waals surface area contributed by atoms with Crippen LogP contribution in [0.15, 0.2) is 29.4 Å². The van der Waals surface area contributed by atoms with Gasteiger partial charge in [-0.3, -0.25) is 0 Å². The second kappa shape index (κ2) is 8.59. The first-order valence-corrected chi connectivity index (χ1v) is 8.94. The minimum atomic E-state index is 0.588. The molecule has 0 N–H and O–H groups in total. The number of unbranched alkanes of at least 4 members (excludes halogenated alkanes) is 1. The fourth-order valence-electron chi connectivity index (χ4n) is 2.42. The third kappa shape index (κ3) is 4.26. The Balaban J connectivity index is 2.10. The summed E-state index contributed by atoms with van der Waals surface area (Å²) in [5.74, 6) is 1.76. The van der Waals surface area contributed by atoms with Crippen LogP contribution in [0.1, 0.15) is 26.7 Å². The van der Waals surface area contributed by atoms with Gasteiger partial charge in [0.25, 0.3) is 0 Å². The first-order valence-electron chi connectivity index (χ1n) is 7.95. The molecule has 0 aliphatic heterocycles. The van der Waals surface area contributed by atoms with Crippen LogP contribution in [0.5, 0.6) is 0 Å². The normalized spacial score (nSPS) is 10.5. The number of benzene rings is 1. The quantitative estimate of drug-likeness (QED) is 0.545. The van der Waals surface area contributed by atoms with Crippen molar-refractivity contribution in [3.63, 3.8) is 0 Å². The lowest BCUT2D eigenvalue weighted by molar-refractivity contribution is 0.792. The van der Waals surface area contributed by atoms with E-state index in [1.165, 1.54) is 5.69 Å². The lowest BCUT2D eigenvalue weighted by Gasteiger charge is -2.21. The van der Waals surface area contributed by atoms with Crippen LogP contribution in [0.25, 0.3) is 11.4 Å². The van der Waals surface area contributed by atoms with Crippen LogP contribution in [0, 0.1) is 11.3 Å². The van der Waals surface area contributed by atoms with E-state index in [-0.39, 0.29) is 0 Å². The van der Waals surface area contributed by atoms with Crippen molar-refractivity contribution in [1.29, 1.82) is 5.26 Å². The van der Waals surface area contributed by atoms with Gasteiger partial charge in [0.05, 0.1) is 6.07 Å². The molecule has 5 nitrogen and oxygen atoms in total. The zero-order valence-corrected chi connectivity index (χ0v) is 14.8. The maximum absolute atomic E-state index is 8.57. The van der Waals surface area contributed by atoms with Gasteiger partial charge in [0.1, 0.15) is 0 Å². The molecule has 0 bridgehead atoms. The van der Waals surface area contributed by atoms with E-state index in [2.05, 4.69) is 59.3 Å². The molecule has 0 unspecified atom stereocenters. The number of thioether (sulfide) groups is 1. The van der Waals surface area contributed by atoms with E-state index in [0.717, 1.165) is 41.8 Å². The highest BCUT2D eigenvalue weighted by molar-refractivity contribution is 7.99. The number of nitriles is 1. The lowest BCUT2D eigenvalue weighted by Crippen LogP contribution is -2.21. The Kier molecular flexibility index (Phi) is 6.48. The molecule has 0 fully saturated rings. The molecule has 0 radical (unpaired) electrons. The van der Waals surface area contributed by atoms with E-state index in [1.807, 2.05) is 11.6 Å². The maximum atomic E-state index is 8.57. The molecule has 1 heterocycles. The summed E-state index contributed by atoms with van der Waals surface area (Å²) in [4.78, 5) is 2.32. The van der Waals surface area contributed by atoms with E-state index in [4.69, 9.17) is 5.26 Å². The van der Waals surface area contributed by atoms with Gasteiger partial charge < -0.3 is 9.47 Å². The van der Waals surface area contributed by atoms with Gasteiger partial charge >= 0.3 is 0 Å². The number of aromatic nitrogens is 3. The summed E-state index contributed by atoms with van der Waals surface area (Å²) < 4.78 is 2.02. The summed E-state index contributed by atoms with van der Waals surface area (Å²) in [6.07, 6.45) is 1.46. The molecule has 0 aliphatic carbocycles. The van der Waals surface area contributed by atoms with Crippen LogP contribution in [-0.4, -0.2) is 33.6 Å². The predicted molar refractivity (Wildman–Crippen MR) is 95.6 cm³/mol. The van der Waals surface area contributed by atoms with Gasteiger partial charge in [0, 0.05) is 43.6 Å². The zero-order valence-electron chi connectivity index (χ0n) is 14.0. The van der Waals surface area contributed by atoms with E-state index in [9.17, 15) is 0 Å². The molecule has 1 aromatic carbocycles. The van der Waals surface area contributed by atoms with E-state index in [1.54, 1.807) is 11.8 Å². The zero-order chi connectivity index (χ0) is 16.7. The van der Waals surface area contributed by atoms with Gasteiger partial charge in [-0.05, 0) is 44.5 Å². The van der Waals surface area contributed by atoms with Crippen LogP contribution in [0.2, 0.25) is 0 Å². The Bertz CT molecular complexity index is 653. The fraction of sp³-hybridized carbons (Fsp3) is 0.471. The maximum Gasteiger partial charge on any atom is 0.191 e. The first kappa shape index (κ1) is 17.4. The Morgan fingerprint density at radius 1 is 1.17 bits per heavy atom. The Hall–Kier alpha value is -2.00. The second-order valence-corrected chi connectivity index (χ2v) is 6.26. The SMILES string of the molecule is CCN(CC)c1ccc(-c2nnc(SCCCC#N)n2C)cc1. The van der Waals surface area contributed by atoms with Crippen molar-refractivity contribution >= 4 is 17.4 Å². The van der Waals surface area contributed by atoms with Crippen LogP contribution >= 0.6 is 11.8 Å². The fourth-order valence-corrected chi connectivity index (χ4v) is 3.27.